The molecule has 0 N–H and O–H groups in total. The van der Waals surface area contributed by atoms with Gasteiger partial charge in [0, 0.05) is 139 Å². The van der Waals surface area contributed by atoms with Gasteiger partial charge in [0.15, 0.2) is 0 Å². The van der Waals surface area contributed by atoms with Crippen LogP contribution in [0.1, 0.15) is 0 Å². The normalized spacial score (nSPS) is 11.9. The van der Waals surface area contributed by atoms with Gasteiger partial charge in [-0.05, 0) is 198 Å². The Kier molecular flexibility index (Phi) is 16.0. The minimum atomic E-state index is 1.16. The number of hydrogen-bond acceptors (Lipinski definition) is 2. The van der Waals surface area contributed by atoms with Crippen LogP contribution in [0.25, 0.3) is 228 Å². The Hall–Kier alpha value is -15.6. The van der Waals surface area contributed by atoms with Gasteiger partial charge in [0.05, 0.1) is 66.2 Å². The number of hydrogen-bond donors (Lipinski definition) is 0. The molecule has 8 heterocycles. The summed E-state index contributed by atoms with van der Waals surface area (Å²) in [4.78, 5) is 0. The predicted molar refractivity (Wildman–Crippen MR) is 522 cm³/mol. The van der Waals surface area contributed by atoms with Gasteiger partial charge in [-0.3, -0.25) is 0 Å². The number of benzene rings is 19. The van der Waals surface area contributed by atoms with Crippen LogP contribution in [0.4, 0.5) is 0 Å². The van der Waals surface area contributed by atoms with Crippen LogP contribution in [0.2, 0.25) is 0 Å². The van der Waals surface area contributed by atoms with E-state index in [1.807, 2.05) is 22.7 Å². The zero-order valence-electron chi connectivity index (χ0n) is 66.1. The quantitative estimate of drug-likeness (QED) is 0.145. The summed E-state index contributed by atoms with van der Waals surface area (Å²) in [5, 5.41) is 20.7. The van der Waals surface area contributed by atoms with Crippen molar-refractivity contribution in [3.05, 3.63) is 437 Å². The summed E-state index contributed by atoms with van der Waals surface area (Å²) < 4.78 is 19.8. The average Bonchev–Trinajstić information content (AvgIpc) is 1.57. The summed E-state index contributed by atoms with van der Waals surface area (Å²) in [7, 11) is 0. The first kappa shape index (κ1) is 69.5. The fourth-order valence-electron chi connectivity index (χ4n) is 19.7. The molecule has 570 valence electrons. The van der Waals surface area contributed by atoms with Crippen molar-refractivity contribution in [3.63, 3.8) is 0 Å². The van der Waals surface area contributed by atoms with Crippen molar-refractivity contribution in [2.75, 3.05) is 0 Å². The highest BCUT2D eigenvalue weighted by molar-refractivity contribution is 7.27. The SMILES string of the molecule is c1ccc(-c2ccc(-n3c4ccccc4c4cc5c6ccccc6n(-c6ccccc6)c5cc43)cc2)cc1.c1ccc(-n2c3ccccc3c3cc(-c4ccc5c(c4)c4c6sc7ccccc7c6ccc4n5-c4ccccc4)ccc32)cc1.c1ccc(-n2c3ccccc3c3cc(-n4c5ccccc5c5cc6c(cc54)sc4ccccc46)ccc32)cc1. The van der Waals surface area contributed by atoms with E-state index in [9.17, 15) is 0 Å². The second kappa shape index (κ2) is 28.1. The monoisotopic (exact) mass is 1590 g/mol. The van der Waals surface area contributed by atoms with E-state index in [1.54, 1.807) is 0 Å². The van der Waals surface area contributed by atoms with Crippen molar-refractivity contribution in [2.45, 2.75) is 0 Å². The summed E-state index contributed by atoms with van der Waals surface area (Å²) in [5.41, 5.74) is 26.7. The van der Waals surface area contributed by atoms with Gasteiger partial charge in [-0.1, -0.05) is 261 Å². The van der Waals surface area contributed by atoms with E-state index in [0.29, 0.717) is 0 Å². The molecule has 0 bridgehead atoms. The maximum Gasteiger partial charge on any atom is 0.0562 e. The zero-order valence-corrected chi connectivity index (χ0v) is 67.7. The third-order valence-electron chi connectivity index (χ3n) is 25.1. The van der Waals surface area contributed by atoms with Crippen molar-refractivity contribution in [2.24, 2.45) is 0 Å². The summed E-state index contributed by atoms with van der Waals surface area (Å²) >= 11 is 3.78. The molecule has 0 spiro atoms. The molecule has 0 amide bonds. The lowest BCUT2D eigenvalue weighted by Gasteiger charge is -2.11. The van der Waals surface area contributed by atoms with Crippen LogP contribution >= 0.6 is 22.7 Å². The average molecular weight is 1590 g/mol. The number of nitrogens with zero attached hydrogens (tertiary/aromatic N) is 6. The Morgan fingerprint density at radius 3 is 0.910 bits per heavy atom. The Morgan fingerprint density at radius 1 is 0.131 bits per heavy atom. The summed E-state index contributed by atoms with van der Waals surface area (Å²) in [6.07, 6.45) is 0. The minimum Gasteiger partial charge on any atom is -0.309 e. The lowest BCUT2D eigenvalue weighted by Crippen LogP contribution is -1.95. The molecule has 6 nitrogen and oxygen atoms in total. The molecule has 0 unspecified atom stereocenters. The molecule has 27 rings (SSSR count). The largest absolute Gasteiger partial charge is 0.309 e. The zero-order chi connectivity index (χ0) is 80.0. The lowest BCUT2D eigenvalue weighted by molar-refractivity contribution is 1.16. The molecule has 0 saturated heterocycles. The Labute approximate surface area is 709 Å². The summed E-state index contributed by atoms with van der Waals surface area (Å²) in [5.74, 6) is 0. The van der Waals surface area contributed by atoms with E-state index in [4.69, 9.17) is 0 Å². The fourth-order valence-corrected chi connectivity index (χ4v) is 22.1. The molecule has 0 aliphatic carbocycles. The van der Waals surface area contributed by atoms with Gasteiger partial charge in [0.2, 0.25) is 0 Å². The van der Waals surface area contributed by atoms with Gasteiger partial charge in [-0.25, -0.2) is 0 Å². The van der Waals surface area contributed by atoms with Gasteiger partial charge in [-0.15, -0.1) is 22.7 Å². The van der Waals surface area contributed by atoms with E-state index < -0.39 is 0 Å². The highest BCUT2D eigenvalue weighted by Crippen LogP contribution is 2.48. The highest BCUT2D eigenvalue weighted by atomic mass is 32.1. The molecule has 27 aromatic rings. The van der Waals surface area contributed by atoms with Crippen LogP contribution < -0.4 is 0 Å². The third-order valence-corrected chi connectivity index (χ3v) is 27.5. The van der Waals surface area contributed by atoms with Crippen molar-refractivity contribution in [3.8, 4) is 56.4 Å². The Bertz CT molecular complexity index is 8860. The molecule has 0 fully saturated rings. The van der Waals surface area contributed by atoms with E-state index in [2.05, 4.69) is 464 Å². The Balaban J connectivity index is 0.000000101. The van der Waals surface area contributed by atoms with Gasteiger partial charge in [0.25, 0.3) is 0 Å². The second-order valence-corrected chi connectivity index (χ2v) is 33.9. The van der Waals surface area contributed by atoms with E-state index >= 15 is 0 Å². The lowest BCUT2D eigenvalue weighted by atomic mass is 10.00. The van der Waals surface area contributed by atoms with Crippen LogP contribution in [0.5, 0.6) is 0 Å². The number of thiophene rings is 2. The molecule has 0 aliphatic heterocycles. The number of aromatic nitrogens is 6. The topological polar surface area (TPSA) is 29.6 Å². The molecule has 122 heavy (non-hydrogen) atoms. The first-order valence-electron chi connectivity index (χ1n) is 41.7. The molecule has 8 aromatic heterocycles. The van der Waals surface area contributed by atoms with Crippen molar-refractivity contribution < 1.29 is 0 Å². The smallest absolute Gasteiger partial charge is 0.0562 e. The first-order valence-corrected chi connectivity index (χ1v) is 43.3. The van der Waals surface area contributed by atoms with Crippen LogP contribution in [-0.2, 0) is 0 Å². The summed E-state index contributed by atoms with van der Waals surface area (Å²) in [6.45, 7) is 0. The first-order chi connectivity index (χ1) is 60.5. The van der Waals surface area contributed by atoms with Crippen LogP contribution in [0, 0.1) is 0 Å². The summed E-state index contributed by atoms with van der Waals surface area (Å²) in [6, 6.07) is 159. The molecule has 8 heteroatoms. The van der Waals surface area contributed by atoms with Crippen molar-refractivity contribution >= 4 is 194 Å². The fraction of sp³-hybridized carbons (Fsp3) is 0. The van der Waals surface area contributed by atoms with Gasteiger partial charge in [0.1, 0.15) is 0 Å². The third kappa shape index (κ3) is 10.9. The standard InChI is InChI=1S/C42H26N2S.C36H22N2S.C36H24N2/c1-3-11-29(12-4-1)43-36-17-9-7-15-31(36)34-25-27(19-22-37(34)43)28-20-23-38-35(26-28)41-39(44(38)30-13-5-2-6-14-30)24-21-33-32-16-8-10-18-40(32)45-42(33)41;1-2-10-23(11-3-1)37-31-15-7-4-12-25(31)28-20-24(18-19-33(28)37)38-32-16-8-5-13-26(32)29-21-30-27-14-6-9-17-35(27)39-36(30)22-34(29)38;1-3-11-25(12-4-1)26-19-21-28(22-20-26)38-34-18-10-8-16-30(34)32-23-31-29-15-7-9-17-33(29)37(35(31)24-36(32)38)27-13-5-2-6-14-27/h1-26H;1-22H;1-24H. The van der Waals surface area contributed by atoms with Gasteiger partial charge < -0.3 is 27.4 Å². The molecule has 0 aliphatic rings. The molecular weight excluding hydrogens is 1520 g/mol. The second-order valence-electron chi connectivity index (χ2n) is 31.8. The maximum absolute atomic E-state index is 2.45. The van der Waals surface area contributed by atoms with Gasteiger partial charge >= 0.3 is 0 Å². The molecule has 0 saturated carbocycles. The van der Waals surface area contributed by atoms with Crippen LogP contribution in [0.3, 0.4) is 0 Å². The highest BCUT2D eigenvalue weighted by Gasteiger charge is 2.24. The molecule has 0 radical (unpaired) electrons. The molecular formula is C114H72N6S2. The van der Waals surface area contributed by atoms with Crippen molar-refractivity contribution in [1.82, 2.24) is 27.4 Å². The van der Waals surface area contributed by atoms with E-state index in [1.165, 1.54) is 222 Å². The predicted octanol–water partition coefficient (Wildman–Crippen LogP) is 31.7. The molecule has 0 atom stereocenters. The molecule has 19 aromatic carbocycles. The Morgan fingerprint density at radius 2 is 0.426 bits per heavy atom. The van der Waals surface area contributed by atoms with E-state index in [-0.39, 0.29) is 0 Å². The van der Waals surface area contributed by atoms with Crippen LogP contribution in [-0.4, -0.2) is 27.4 Å². The van der Waals surface area contributed by atoms with Crippen molar-refractivity contribution in [1.29, 1.82) is 0 Å². The maximum atomic E-state index is 2.45. The number of rotatable bonds is 8. The number of para-hydroxylation sites is 9. The van der Waals surface area contributed by atoms with Gasteiger partial charge in [-0.2, -0.15) is 0 Å². The van der Waals surface area contributed by atoms with E-state index in [0.717, 1.165) is 5.69 Å². The number of fused-ring (bicyclic) bond motifs is 25. The van der Waals surface area contributed by atoms with Crippen LogP contribution in [0.15, 0.2) is 437 Å². The minimum absolute atomic E-state index is 1.16.